The molecule has 0 spiro atoms. The van der Waals surface area contributed by atoms with Crippen LogP contribution < -0.4 is 5.32 Å². The summed E-state index contributed by atoms with van der Waals surface area (Å²) in [5.74, 6) is -0.217. The maximum Gasteiger partial charge on any atom is 0.166 e. The van der Waals surface area contributed by atoms with Crippen LogP contribution in [0.4, 0.5) is 4.39 Å². The Morgan fingerprint density at radius 3 is 2.50 bits per heavy atom. The van der Waals surface area contributed by atoms with E-state index in [1.807, 2.05) is 0 Å². The number of hydrogen-bond acceptors (Lipinski definition) is 2. The van der Waals surface area contributed by atoms with Crippen LogP contribution >= 0.6 is 0 Å². The van der Waals surface area contributed by atoms with Gasteiger partial charge in [0.25, 0.3) is 0 Å². The SMILES string of the molecule is C=C(/C=C(F)\C(=C/C)OC)NC. The van der Waals surface area contributed by atoms with Crippen LogP contribution in [0.2, 0.25) is 0 Å². The number of likely N-dealkylation sites (N-methyl/N-ethyl adjacent to an activating group) is 1. The van der Waals surface area contributed by atoms with Gasteiger partial charge in [0.05, 0.1) is 7.11 Å². The van der Waals surface area contributed by atoms with E-state index in [1.165, 1.54) is 13.2 Å². The van der Waals surface area contributed by atoms with E-state index in [9.17, 15) is 4.39 Å². The Kier molecular flexibility index (Phi) is 4.84. The fraction of sp³-hybridized carbons (Fsp3) is 0.333. The maximum absolute atomic E-state index is 13.1. The molecular formula is C9H14FNO. The summed E-state index contributed by atoms with van der Waals surface area (Å²) < 4.78 is 17.8. The number of halogens is 1. The molecule has 0 unspecified atom stereocenters. The van der Waals surface area contributed by atoms with Crippen molar-refractivity contribution in [3.8, 4) is 0 Å². The summed E-state index contributed by atoms with van der Waals surface area (Å²) in [7, 11) is 3.10. The molecule has 0 bridgehead atoms. The molecule has 1 N–H and O–H groups in total. The van der Waals surface area contributed by atoms with E-state index in [0.29, 0.717) is 5.70 Å². The van der Waals surface area contributed by atoms with Crippen LogP contribution in [-0.2, 0) is 4.74 Å². The lowest BCUT2D eigenvalue weighted by Crippen LogP contribution is -2.02. The van der Waals surface area contributed by atoms with Crippen LogP contribution in [0.25, 0.3) is 0 Å². The summed E-state index contributed by atoms with van der Waals surface area (Å²) in [5, 5.41) is 2.71. The maximum atomic E-state index is 13.1. The Labute approximate surface area is 72.4 Å². The summed E-state index contributed by atoms with van der Waals surface area (Å²) in [5.41, 5.74) is 0.504. The molecule has 68 valence electrons. The third kappa shape index (κ3) is 3.23. The van der Waals surface area contributed by atoms with E-state index in [4.69, 9.17) is 4.74 Å². The third-order valence-electron chi connectivity index (χ3n) is 1.34. The Bertz CT molecular complexity index is 219. The fourth-order valence-electron chi connectivity index (χ4n) is 0.650. The molecule has 0 heterocycles. The van der Waals surface area contributed by atoms with Crippen molar-refractivity contribution >= 4 is 0 Å². The molecule has 2 nitrogen and oxygen atoms in total. The molecule has 0 rings (SSSR count). The monoisotopic (exact) mass is 171 g/mol. The van der Waals surface area contributed by atoms with E-state index in [2.05, 4.69) is 11.9 Å². The van der Waals surface area contributed by atoms with E-state index >= 15 is 0 Å². The zero-order valence-electron chi connectivity index (χ0n) is 7.65. The molecule has 0 saturated carbocycles. The normalized spacial score (nSPS) is 12.7. The van der Waals surface area contributed by atoms with Crippen LogP contribution in [0.3, 0.4) is 0 Å². The molecule has 0 amide bonds. The van der Waals surface area contributed by atoms with Crippen LogP contribution in [0.1, 0.15) is 6.92 Å². The number of rotatable bonds is 4. The summed E-state index contributed by atoms with van der Waals surface area (Å²) in [4.78, 5) is 0. The van der Waals surface area contributed by atoms with Gasteiger partial charge in [0.2, 0.25) is 0 Å². The van der Waals surface area contributed by atoms with Crippen molar-refractivity contribution in [1.29, 1.82) is 0 Å². The van der Waals surface area contributed by atoms with Crippen molar-refractivity contribution in [1.82, 2.24) is 5.32 Å². The lowest BCUT2D eigenvalue weighted by molar-refractivity contribution is 0.282. The highest BCUT2D eigenvalue weighted by Gasteiger charge is 2.01. The highest BCUT2D eigenvalue weighted by atomic mass is 19.1. The first-order valence-electron chi connectivity index (χ1n) is 3.60. The molecule has 0 atom stereocenters. The van der Waals surface area contributed by atoms with Crippen LogP contribution in [0, 0.1) is 0 Å². The van der Waals surface area contributed by atoms with Crippen molar-refractivity contribution in [3.63, 3.8) is 0 Å². The number of allylic oxidation sites excluding steroid dienone is 3. The Hall–Kier alpha value is -1.25. The molecule has 0 aromatic heterocycles. The van der Waals surface area contributed by atoms with E-state index in [1.54, 1.807) is 20.0 Å². The Morgan fingerprint density at radius 2 is 2.17 bits per heavy atom. The van der Waals surface area contributed by atoms with Crippen LogP contribution in [0.15, 0.2) is 36.0 Å². The zero-order valence-corrected chi connectivity index (χ0v) is 7.65. The average molecular weight is 171 g/mol. The molecule has 12 heavy (non-hydrogen) atoms. The van der Waals surface area contributed by atoms with Crippen molar-refractivity contribution in [3.05, 3.63) is 36.0 Å². The van der Waals surface area contributed by atoms with Crippen molar-refractivity contribution in [2.75, 3.05) is 14.2 Å². The van der Waals surface area contributed by atoms with Gasteiger partial charge in [-0.05, 0) is 13.0 Å². The van der Waals surface area contributed by atoms with Gasteiger partial charge in [0, 0.05) is 18.8 Å². The average Bonchev–Trinajstić information content (AvgIpc) is 2.06. The van der Waals surface area contributed by atoms with Crippen LogP contribution in [0.5, 0.6) is 0 Å². The molecule has 0 radical (unpaired) electrons. The van der Waals surface area contributed by atoms with Gasteiger partial charge >= 0.3 is 0 Å². The molecule has 0 aromatic carbocycles. The predicted octanol–water partition coefficient (Wildman–Crippen LogP) is 2.12. The van der Waals surface area contributed by atoms with Crippen molar-refractivity contribution in [2.45, 2.75) is 6.92 Å². The standard InChI is InChI=1S/C9H14FNO/c1-5-9(12-4)8(10)6-7(2)11-3/h5-6,11H,2H2,1,3-4H3/b8-6+,9-5+. The van der Waals surface area contributed by atoms with Gasteiger partial charge in [0.1, 0.15) is 5.76 Å². The van der Waals surface area contributed by atoms with Gasteiger partial charge in [-0.3, -0.25) is 0 Å². The first-order valence-corrected chi connectivity index (χ1v) is 3.60. The second-order valence-corrected chi connectivity index (χ2v) is 2.12. The first-order chi connectivity index (χ1) is 5.65. The second-order valence-electron chi connectivity index (χ2n) is 2.12. The summed E-state index contributed by atoms with van der Waals surface area (Å²) in [6.45, 7) is 5.26. The minimum Gasteiger partial charge on any atom is -0.494 e. The molecule has 0 aliphatic carbocycles. The summed E-state index contributed by atoms with van der Waals surface area (Å²) >= 11 is 0. The first kappa shape index (κ1) is 10.8. The van der Waals surface area contributed by atoms with E-state index in [-0.39, 0.29) is 5.76 Å². The largest absolute Gasteiger partial charge is 0.494 e. The lowest BCUT2D eigenvalue weighted by atomic mass is 10.3. The minimum absolute atomic E-state index is 0.214. The van der Waals surface area contributed by atoms with Crippen LogP contribution in [-0.4, -0.2) is 14.2 Å². The van der Waals surface area contributed by atoms with Gasteiger partial charge in [-0.15, -0.1) is 0 Å². The smallest absolute Gasteiger partial charge is 0.166 e. The molecule has 0 aromatic rings. The Morgan fingerprint density at radius 1 is 1.58 bits per heavy atom. The lowest BCUT2D eigenvalue weighted by Gasteiger charge is -2.03. The van der Waals surface area contributed by atoms with Gasteiger partial charge in [0.15, 0.2) is 5.83 Å². The quantitative estimate of drug-likeness (QED) is 0.516. The molecule has 0 fully saturated rings. The fourth-order valence-corrected chi connectivity index (χ4v) is 0.650. The van der Waals surface area contributed by atoms with Crippen molar-refractivity contribution < 1.29 is 9.13 Å². The predicted molar refractivity (Wildman–Crippen MR) is 48.2 cm³/mol. The number of nitrogens with one attached hydrogen (secondary N) is 1. The highest BCUT2D eigenvalue weighted by molar-refractivity contribution is 5.26. The van der Waals surface area contributed by atoms with Gasteiger partial charge in [-0.2, -0.15) is 0 Å². The summed E-state index contributed by atoms with van der Waals surface area (Å²) in [6.07, 6.45) is 2.83. The van der Waals surface area contributed by atoms with Gasteiger partial charge in [-0.1, -0.05) is 6.58 Å². The van der Waals surface area contributed by atoms with Gasteiger partial charge in [-0.25, -0.2) is 4.39 Å². The molecule has 0 aliphatic heterocycles. The van der Waals surface area contributed by atoms with E-state index < -0.39 is 5.83 Å². The minimum atomic E-state index is -0.431. The topological polar surface area (TPSA) is 21.3 Å². The molecule has 0 saturated heterocycles. The van der Waals surface area contributed by atoms with Gasteiger partial charge < -0.3 is 10.1 Å². The van der Waals surface area contributed by atoms with Crippen molar-refractivity contribution in [2.24, 2.45) is 0 Å². The third-order valence-corrected chi connectivity index (χ3v) is 1.34. The van der Waals surface area contributed by atoms with E-state index in [0.717, 1.165) is 0 Å². The second kappa shape index (κ2) is 5.41. The molecule has 0 aliphatic rings. The number of hydrogen-bond donors (Lipinski definition) is 1. The highest BCUT2D eigenvalue weighted by Crippen LogP contribution is 2.12. The number of ether oxygens (including phenoxy) is 1. The Balaban J connectivity index is 4.46. The molecular weight excluding hydrogens is 157 g/mol. The summed E-state index contributed by atoms with van der Waals surface area (Å²) in [6, 6.07) is 0. The molecule has 3 heteroatoms. The number of methoxy groups -OCH3 is 1. The zero-order chi connectivity index (χ0) is 9.56.